The van der Waals surface area contributed by atoms with E-state index in [1.807, 2.05) is 0 Å². The van der Waals surface area contributed by atoms with Crippen LogP contribution < -0.4 is 0 Å². The van der Waals surface area contributed by atoms with E-state index in [0.29, 0.717) is 5.92 Å². The molecule has 1 unspecified atom stereocenters. The molecule has 0 aromatic rings. The predicted molar refractivity (Wildman–Crippen MR) is 52.6 cm³/mol. The van der Waals surface area contributed by atoms with Gasteiger partial charge in [-0.3, -0.25) is 0 Å². The third-order valence-corrected chi connectivity index (χ3v) is 3.47. The number of fused-ring (bicyclic) bond motifs is 1. The molecule has 82 valence electrons. The molecule has 1 atom stereocenters. The Kier molecular flexibility index (Phi) is 2.58. The number of aliphatic hydroxyl groups is 1. The third kappa shape index (κ3) is 1.47. The molecular weight excluding hydrogens is 180 g/mol. The van der Waals surface area contributed by atoms with Crippen molar-refractivity contribution in [3.05, 3.63) is 0 Å². The van der Waals surface area contributed by atoms with E-state index in [-0.39, 0.29) is 12.4 Å². The van der Waals surface area contributed by atoms with E-state index in [1.54, 1.807) is 0 Å². The zero-order chi connectivity index (χ0) is 10.2. The number of rotatable bonds is 7. The van der Waals surface area contributed by atoms with E-state index in [1.165, 1.54) is 25.7 Å². The maximum Gasteiger partial charge on any atom is 0.253 e. The van der Waals surface area contributed by atoms with Crippen molar-refractivity contribution < 1.29 is 14.6 Å². The Bertz CT molecular complexity index is 209. The van der Waals surface area contributed by atoms with Crippen LogP contribution in [0.25, 0.3) is 0 Å². The summed E-state index contributed by atoms with van der Waals surface area (Å²) in [5.74, 6) is -0.242. The molecule has 3 heteroatoms. The molecule has 2 fully saturated rings. The maximum atomic E-state index is 8.98. The van der Waals surface area contributed by atoms with Gasteiger partial charge in [-0.05, 0) is 5.92 Å². The van der Waals surface area contributed by atoms with Crippen molar-refractivity contribution in [2.45, 2.75) is 57.5 Å². The Morgan fingerprint density at radius 2 is 1.93 bits per heavy atom. The average molecular weight is 200 g/mol. The Labute approximate surface area is 85.4 Å². The largest absolute Gasteiger partial charge is 0.391 e. The van der Waals surface area contributed by atoms with Crippen LogP contribution in [0.4, 0.5) is 0 Å². The van der Waals surface area contributed by atoms with Gasteiger partial charge in [-0.15, -0.1) is 0 Å². The molecule has 0 aliphatic carbocycles. The molecule has 14 heavy (non-hydrogen) atoms. The smallest absolute Gasteiger partial charge is 0.253 e. The SMILES string of the molecule is CCCCC(CC)CC12OC1(CO)O2. The molecule has 0 saturated carbocycles. The third-order valence-electron chi connectivity index (χ3n) is 3.47. The molecule has 0 aromatic carbocycles. The van der Waals surface area contributed by atoms with Crippen molar-refractivity contribution in [2.75, 3.05) is 6.61 Å². The van der Waals surface area contributed by atoms with E-state index in [9.17, 15) is 0 Å². The highest BCUT2D eigenvalue weighted by Crippen LogP contribution is 2.70. The minimum atomic E-state index is -0.563. The van der Waals surface area contributed by atoms with Crippen LogP contribution in [0, 0.1) is 5.92 Å². The number of ether oxygens (including phenoxy) is 2. The van der Waals surface area contributed by atoms with E-state index in [0.717, 1.165) is 6.42 Å². The maximum absolute atomic E-state index is 8.98. The molecule has 0 amide bonds. The zero-order valence-corrected chi connectivity index (χ0v) is 9.08. The second-order valence-corrected chi connectivity index (χ2v) is 4.49. The summed E-state index contributed by atoms with van der Waals surface area (Å²) < 4.78 is 10.7. The lowest BCUT2D eigenvalue weighted by Crippen LogP contribution is -2.08. The summed E-state index contributed by atoms with van der Waals surface area (Å²) in [6.45, 7) is 4.43. The predicted octanol–water partition coefficient (Wildman–Crippen LogP) is 2.04. The number of epoxide rings is 2. The van der Waals surface area contributed by atoms with Gasteiger partial charge < -0.3 is 14.6 Å². The molecule has 2 rings (SSSR count). The second-order valence-electron chi connectivity index (χ2n) is 4.49. The highest BCUT2D eigenvalue weighted by molar-refractivity contribution is 5.18. The fourth-order valence-corrected chi connectivity index (χ4v) is 2.24. The van der Waals surface area contributed by atoms with Crippen LogP contribution in [0.3, 0.4) is 0 Å². The molecule has 0 spiro atoms. The van der Waals surface area contributed by atoms with Gasteiger partial charge in [-0.2, -0.15) is 0 Å². The van der Waals surface area contributed by atoms with Gasteiger partial charge in [0.05, 0.1) is 0 Å². The highest BCUT2D eigenvalue weighted by atomic mass is 17.1. The van der Waals surface area contributed by atoms with Gasteiger partial charge in [0, 0.05) is 6.42 Å². The summed E-state index contributed by atoms with van der Waals surface area (Å²) in [5.41, 5.74) is 0. The quantitative estimate of drug-likeness (QED) is 0.640. The summed E-state index contributed by atoms with van der Waals surface area (Å²) in [6.07, 6.45) is 5.92. The summed E-state index contributed by atoms with van der Waals surface area (Å²) in [4.78, 5) is 0. The van der Waals surface area contributed by atoms with Gasteiger partial charge in [-0.25, -0.2) is 0 Å². The fourth-order valence-electron chi connectivity index (χ4n) is 2.24. The van der Waals surface area contributed by atoms with Crippen LogP contribution in [-0.4, -0.2) is 23.3 Å². The number of hydrogen-bond acceptors (Lipinski definition) is 3. The van der Waals surface area contributed by atoms with Crippen LogP contribution in [0.1, 0.15) is 46.0 Å². The first-order valence-corrected chi connectivity index (χ1v) is 5.73. The monoisotopic (exact) mass is 200 g/mol. The first-order valence-electron chi connectivity index (χ1n) is 5.73. The number of unbranched alkanes of at least 4 members (excludes halogenated alkanes) is 1. The van der Waals surface area contributed by atoms with Crippen LogP contribution in [-0.2, 0) is 9.47 Å². The first kappa shape index (κ1) is 10.4. The van der Waals surface area contributed by atoms with Crippen LogP contribution in [0.15, 0.2) is 0 Å². The summed E-state index contributed by atoms with van der Waals surface area (Å²) >= 11 is 0. The topological polar surface area (TPSA) is 45.3 Å². The van der Waals surface area contributed by atoms with Gasteiger partial charge >= 0.3 is 0 Å². The van der Waals surface area contributed by atoms with Crippen LogP contribution >= 0.6 is 0 Å². The first-order chi connectivity index (χ1) is 6.72. The number of aliphatic hydroxyl groups excluding tert-OH is 1. The Morgan fingerprint density at radius 3 is 2.36 bits per heavy atom. The fraction of sp³-hybridized carbons (Fsp3) is 1.00. The Balaban J connectivity index is 1.74. The van der Waals surface area contributed by atoms with Crippen molar-refractivity contribution in [3.8, 4) is 0 Å². The normalized spacial score (nSPS) is 40.5. The highest BCUT2D eigenvalue weighted by Gasteiger charge is 2.90. The standard InChI is InChI=1S/C11H20O3/c1-3-5-6-9(4-2)7-10-11(8-12,13-10)14-10/h9,12H,3-8H2,1-2H3. The van der Waals surface area contributed by atoms with Gasteiger partial charge in [-0.1, -0.05) is 39.5 Å². The van der Waals surface area contributed by atoms with Gasteiger partial charge in [0.25, 0.3) is 5.79 Å². The van der Waals surface area contributed by atoms with Gasteiger partial charge in [0.15, 0.2) is 0 Å². The summed E-state index contributed by atoms with van der Waals surface area (Å²) in [7, 11) is 0. The molecule has 0 aromatic heterocycles. The second kappa shape index (κ2) is 3.47. The molecule has 0 radical (unpaired) electrons. The van der Waals surface area contributed by atoms with Crippen LogP contribution in [0.2, 0.25) is 0 Å². The van der Waals surface area contributed by atoms with E-state index >= 15 is 0 Å². The van der Waals surface area contributed by atoms with Crippen molar-refractivity contribution in [1.29, 1.82) is 0 Å². The summed E-state index contributed by atoms with van der Waals surface area (Å²) in [5, 5.41) is 8.98. The lowest BCUT2D eigenvalue weighted by molar-refractivity contribution is -0.117. The molecule has 2 aliphatic heterocycles. The molecule has 2 heterocycles. The molecule has 2 saturated heterocycles. The van der Waals surface area contributed by atoms with Crippen molar-refractivity contribution >= 4 is 0 Å². The Hall–Kier alpha value is -0.120. The van der Waals surface area contributed by atoms with Crippen LogP contribution in [0.5, 0.6) is 0 Å². The molecular formula is C11H20O3. The summed E-state index contributed by atoms with van der Waals surface area (Å²) in [6, 6.07) is 0. The molecule has 2 aliphatic rings. The minimum absolute atomic E-state index is 0.0111. The molecule has 1 N–H and O–H groups in total. The van der Waals surface area contributed by atoms with E-state index in [2.05, 4.69) is 13.8 Å². The van der Waals surface area contributed by atoms with Gasteiger partial charge in [0.2, 0.25) is 5.79 Å². The Morgan fingerprint density at radius 1 is 1.21 bits per heavy atom. The number of hydrogen-bond donors (Lipinski definition) is 1. The van der Waals surface area contributed by atoms with E-state index in [4.69, 9.17) is 14.6 Å². The van der Waals surface area contributed by atoms with Crippen molar-refractivity contribution in [3.63, 3.8) is 0 Å². The van der Waals surface area contributed by atoms with E-state index < -0.39 is 5.79 Å². The lowest BCUT2D eigenvalue weighted by Gasteiger charge is -2.13. The lowest BCUT2D eigenvalue weighted by atomic mass is 9.93. The van der Waals surface area contributed by atoms with Crippen molar-refractivity contribution in [2.24, 2.45) is 5.92 Å². The molecule has 3 nitrogen and oxygen atoms in total. The minimum Gasteiger partial charge on any atom is -0.391 e. The zero-order valence-electron chi connectivity index (χ0n) is 9.08. The van der Waals surface area contributed by atoms with Crippen molar-refractivity contribution in [1.82, 2.24) is 0 Å². The average Bonchev–Trinajstić information content (AvgIpc) is 2.98. The van der Waals surface area contributed by atoms with Gasteiger partial charge in [0.1, 0.15) is 6.61 Å². The molecule has 0 bridgehead atoms.